The fourth-order valence-electron chi connectivity index (χ4n) is 2.60. The first kappa shape index (κ1) is 18.0. The zero-order valence-electron chi connectivity index (χ0n) is 12.2. The number of aliphatic carboxylic acids is 1. The molecule has 0 radical (unpaired) electrons. The van der Waals surface area contributed by atoms with Crippen molar-refractivity contribution >= 4 is 49.6 Å². The lowest BCUT2D eigenvalue weighted by Gasteiger charge is -2.28. The van der Waals surface area contributed by atoms with Gasteiger partial charge in [0.25, 0.3) is 5.91 Å². The zero-order chi connectivity index (χ0) is 17.0. The van der Waals surface area contributed by atoms with Crippen LogP contribution in [-0.2, 0) is 9.59 Å². The van der Waals surface area contributed by atoms with Crippen LogP contribution in [0.1, 0.15) is 36.2 Å². The average Bonchev–Trinajstić information content (AvgIpc) is 2.85. The van der Waals surface area contributed by atoms with Gasteiger partial charge in [0.15, 0.2) is 0 Å². The second-order valence-corrected chi connectivity index (χ2v) is 7.13. The molecule has 23 heavy (non-hydrogen) atoms. The van der Waals surface area contributed by atoms with Gasteiger partial charge < -0.3 is 20.7 Å². The van der Waals surface area contributed by atoms with E-state index in [-0.39, 0.29) is 30.3 Å². The minimum atomic E-state index is -1.05. The van der Waals surface area contributed by atoms with Gasteiger partial charge in [0, 0.05) is 12.0 Å². The van der Waals surface area contributed by atoms with Crippen molar-refractivity contribution in [1.82, 2.24) is 15.6 Å². The van der Waals surface area contributed by atoms with Gasteiger partial charge in [-0.05, 0) is 63.6 Å². The lowest BCUT2D eigenvalue weighted by molar-refractivity contribution is -0.138. The summed E-state index contributed by atoms with van der Waals surface area (Å²) in [6, 6.07) is 1.72. The van der Waals surface area contributed by atoms with E-state index in [1.165, 1.54) is 0 Å². The Morgan fingerprint density at radius 1 is 1.22 bits per heavy atom. The molecule has 0 spiro atoms. The maximum absolute atomic E-state index is 12.1. The molecule has 126 valence electrons. The molecule has 1 heterocycles. The fraction of sp³-hybridized carbons (Fsp3) is 0.500. The Hall–Kier alpha value is -1.35. The second kappa shape index (κ2) is 7.96. The Morgan fingerprint density at radius 3 is 2.39 bits per heavy atom. The minimum Gasteiger partial charge on any atom is -0.480 e. The largest absolute Gasteiger partial charge is 0.480 e. The van der Waals surface area contributed by atoms with Crippen molar-refractivity contribution in [3.63, 3.8) is 0 Å². The van der Waals surface area contributed by atoms with E-state index in [2.05, 4.69) is 47.5 Å². The number of rotatable bonds is 5. The van der Waals surface area contributed by atoms with Crippen molar-refractivity contribution in [1.29, 1.82) is 0 Å². The number of aromatic amines is 1. The van der Waals surface area contributed by atoms with Crippen LogP contribution in [-0.4, -0.2) is 40.5 Å². The van der Waals surface area contributed by atoms with Gasteiger partial charge in [-0.15, -0.1) is 0 Å². The number of halogens is 2. The first-order valence-electron chi connectivity index (χ1n) is 7.21. The summed E-state index contributed by atoms with van der Waals surface area (Å²) in [6.45, 7) is -0.355. The lowest BCUT2D eigenvalue weighted by atomic mass is 9.85. The third-order valence-electron chi connectivity index (χ3n) is 3.82. The molecule has 9 heteroatoms. The number of carbonyl (C=O) groups is 3. The third kappa shape index (κ3) is 5.07. The summed E-state index contributed by atoms with van der Waals surface area (Å²) in [6.07, 6.45) is 2.66. The summed E-state index contributed by atoms with van der Waals surface area (Å²) in [5, 5.41) is 13.9. The summed E-state index contributed by atoms with van der Waals surface area (Å²) in [5.74, 6) is -1.65. The van der Waals surface area contributed by atoms with Crippen LogP contribution in [0.2, 0.25) is 0 Å². The van der Waals surface area contributed by atoms with E-state index < -0.39 is 5.97 Å². The van der Waals surface area contributed by atoms with Gasteiger partial charge in [-0.25, -0.2) is 0 Å². The molecule has 1 saturated carbocycles. The molecule has 0 atom stereocenters. The molecule has 1 aliphatic rings. The van der Waals surface area contributed by atoms with E-state index in [4.69, 9.17) is 5.11 Å². The van der Waals surface area contributed by atoms with E-state index in [1.54, 1.807) is 6.07 Å². The maximum atomic E-state index is 12.1. The molecule has 1 aromatic heterocycles. The third-order valence-corrected chi connectivity index (χ3v) is 5.60. The molecule has 0 saturated heterocycles. The van der Waals surface area contributed by atoms with Crippen LogP contribution in [0.25, 0.3) is 0 Å². The van der Waals surface area contributed by atoms with Crippen molar-refractivity contribution in [3.05, 3.63) is 20.8 Å². The number of hydrogen-bond donors (Lipinski definition) is 4. The van der Waals surface area contributed by atoms with Crippen LogP contribution in [0, 0.1) is 5.92 Å². The highest BCUT2D eigenvalue weighted by Crippen LogP contribution is 2.26. The molecule has 0 bridgehead atoms. The summed E-state index contributed by atoms with van der Waals surface area (Å²) in [7, 11) is 0. The Labute approximate surface area is 149 Å². The average molecular weight is 451 g/mol. The molecule has 0 aliphatic heterocycles. The minimum absolute atomic E-state index is 0.0203. The van der Waals surface area contributed by atoms with Crippen LogP contribution < -0.4 is 10.6 Å². The van der Waals surface area contributed by atoms with Crippen LogP contribution in [0.15, 0.2) is 15.1 Å². The van der Waals surface area contributed by atoms with Gasteiger partial charge in [0.05, 0.1) is 9.08 Å². The second-order valence-electron chi connectivity index (χ2n) is 5.48. The van der Waals surface area contributed by atoms with Crippen molar-refractivity contribution in [3.8, 4) is 0 Å². The van der Waals surface area contributed by atoms with Gasteiger partial charge in [0.1, 0.15) is 12.2 Å². The topological polar surface area (TPSA) is 111 Å². The highest BCUT2D eigenvalue weighted by molar-refractivity contribution is 9.13. The number of hydrogen-bond acceptors (Lipinski definition) is 3. The summed E-state index contributed by atoms with van der Waals surface area (Å²) >= 11 is 6.60. The van der Waals surface area contributed by atoms with Crippen LogP contribution in [0.5, 0.6) is 0 Å². The first-order chi connectivity index (χ1) is 10.9. The lowest BCUT2D eigenvalue weighted by Crippen LogP contribution is -2.41. The molecule has 1 aliphatic carbocycles. The van der Waals surface area contributed by atoms with E-state index in [0.717, 1.165) is 4.47 Å². The Bertz CT molecular complexity index is 590. The molecule has 2 rings (SSSR count). The van der Waals surface area contributed by atoms with Gasteiger partial charge >= 0.3 is 5.97 Å². The van der Waals surface area contributed by atoms with Crippen LogP contribution in [0.4, 0.5) is 0 Å². The number of carboxylic acid groups (broad SMARTS) is 1. The first-order valence-corrected chi connectivity index (χ1v) is 8.79. The SMILES string of the molecule is O=C(O)CNC(=O)C1CCC(NC(=O)c2cc(Br)c(Br)[nH]2)CC1. The standard InChI is InChI=1S/C14H17Br2N3O4/c15-9-5-10(19-12(9)16)14(23)18-8-3-1-7(2-4-8)13(22)17-6-11(20)21/h5,7-8,19H,1-4,6H2,(H,17,22)(H,18,23)(H,20,21). The number of H-pyrrole nitrogens is 1. The monoisotopic (exact) mass is 449 g/mol. The molecule has 4 N–H and O–H groups in total. The number of carbonyl (C=O) groups excluding carboxylic acids is 2. The maximum Gasteiger partial charge on any atom is 0.322 e. The highest BCUT2D eigenvalue weighted by atomic mass is 79.9. The van der Waals surface area contributed by atoms with Gasteiger partial charge in [-0.1, -0.05) is 0 Å². The Kier molecular flexibility index (Phi) is 6.23. The van der Waals surface area contributed by atoms with Crippen molar-refractivity contribution in [2.75, 3.05) is 6.54 Å². The van der Waals surface area contributed by atoms with E-state index >= 15 is 0 Å². The smallest absolute Gasteiger partial charge is 0.322 e. The van der Waals surface area contributed by atoms with E-state index in [1.807, 2.05) is 0 Å². The predicted molar refractivity (Wildman–Crippen MR) is 90.1 cm³/mol. The molecule has 0 unspecified atom stereocenters. The molecule has 2 amide bonds. The Morgan fingerprint density at radius 2 is 1.87 bits per heavy atom. The van der Waals surface area contributed by atoms with Gasteiger partial charge in [-0.2, -0.15) is 0 Å². The predicted octanol–water partition coefficient (Wildman–Crippen LogP) is 2.03. The quantitative estimate of drug-likeness (QED) is 0.549. The fourth-order valence-corrected chi connectivity index (χ4v) is 3.25. The van der Waals surface area contributed by atoms with E-state index in [9.17, 15) is 14.4 Å². The number of amides is 2. The number of aromatic nitrogens is 1. The molecule has 1 aromatic rings. The molecule has 1 fully saturated rings. The van der Waals surface area contributed by atoms with Crippen molar-refractivity contribution in [2.45, 2.75) is 31.7 Å². The van der Waals surface area contributed by atoms with Crippen LogP contribution >= 0.6 is 31.9 Å². The summed E-state index contributed by atoms with van der Waals surface area (Å²) in [4.78, 5) is 37.3. The van der Waals surface area contributed by atoms with Crippen LogP contribution in [0.3, 0.4) is 0 Å². The molecule has 7 nitrogen and oxygen atoms in total. The summed E-state index contributed by atoms with van der Waals surface area (Å²) in [5.41, 5.74) is 0.463. The molecular formula is C14H17Br2N3O4. The Balaban J connectivity index is 1.79. The van der Waals surface area contributed by atoms with Crippen molar-refractivity contribution < 1.29 is 19.5 Å². The normalized spacial score (nSPS) is 20.8. The zero-order valence-corrected chi connectivity index (χ0v) is 15.4. The van der Waals surface area contributed by atoms with E-state index in [0.29, 0.717) is 36.0 Å². The molecule has 0 aromatic carbocycles. The van der Waals surface area contributed by atoms with Gasteiger partial charge in [0.2, 0.25) is 5.91 Å². The number of nitrogens with one attached hydrogen (secondary N) is 3. The summed E-state index contributed by atoms with van der Waals surface area (Å²) < 4.78 is 1.49. The number of carboxylic acids is 1. The molecular weight excluding hydrogens is 434 g/mol. The van der Waals surface area contributed by atoms with Crippen molar-refractivity contribution in [2.24, 2.45) is 5.92 Å². The van der Waals surface area contributed by atoms with Gasteiger partial charge in [-0.3, -0.25) is 14.4 Å². The highest BCUT2D eigenvalue weighted by Gasteiger charge is 2.27.